The van der Waals surface area contributed by atoms with Crippen molar-refractivity contribution in [3.63, 3.8) is 0 Å². The van der Waals surface area contributed by atoms with Crippen LogP contribution in [0.25, 0.3) is 0 Å². The van der Waals surface area contributed by atoms with E-state index in [0.717, 1.165) is 12.0 Å². The van der Waals surface area contributed by atoms with Crippen molar-refractivity contribution in [3.05, 3.63) is 69.7 Å². The molecule has 4 nitrogen and oxygen atoms in total. The molecule has 6 heteroatoms. The lowest BCUT2D eigenvalue weighted by atomic mass is 9.88. The van der Waals surface area contributed by atoms with Gasteiger partial charge in [0, 0.05) is 30.6 Å². The van der Waals surface area contributed by atoms with Gasteiger partial charge in [-0.2, -0.15) is 0 Å². The maximum Gasteiger partial charge on any atom is 0.255 e. The first kappa shape index (κ1) is 19.7. The summed E-state index contributed by atoms with van der Waals surface area (Å²) in [5.41, 5.74) is 1.47. The lowest BCUT2D eigenvalue weighted by Gasteiger charge is -2.17. The number of nitrogens with zero attached hydrogens (tertiary/aromatic N) is 1. The standard InChI is InChI=1S/C21H22Cl2N2O2/c1-2-10-24-20(26)18-13-25(12-17(18)14-6-4-3-5-7-14)21(27)16-9-8-15(22)11-19(16)23/h3-9,11,17-18H,2,10,12-13H2,1H3,(H,24,26). The number of rotatable bonds is 5. The molecule has 1 heterocycles. The summed E-state index contributed by atoms with van der Waals surface area (Å²) in [6.07, 6.45) is 0.873. The van der Waals surface area contributed by atoms with E-state index < -0.39 is 0 Å². The zero-order valence-electron chi connectivity index (χ0n) is 15.1. The zero-order valence-corrected chi connectivity index (χ0v) is 16.6. The monoisotopic (exact) mass is 404 g/mol. The number of hydrogen-bond donors (Lipinski definition) is 1. The molecule has 0 bridgehead atoms. The maximum atomic E-state index is 13.0. The smallest absolute Gasteiger partial charge is 0.255 e. The quantitative estimate of drug-likeness (QED) is 0.803. The Kier molecular flexibility index (Phi) is 6.40. The molecule has 0 saturated carbocycles. The summed E-state index contributed by atoms with van der Waals surface area (Å²) in [7, 11) is 0. The Morgan fingerprint density at radius 3 is 2.52 bits per heavy atom. The van der Waals surface area contributed by atoms with Gasteiger partial charge in [0.1, 0.15) is 0 Å². The fourth-order valence-electron chi connectivity index (χ4n) is 3.49. The van der Waals surface area contributed by atoms with Crippen molar-refractivity contribution in [2.24, 2.45) is 5.92 Å². The van der Waals surface area contributed by atoms with Crippen molar-refractivity contribution < 1.29 is 9.59 Å². The summed E-state index contributed by atoms with van der Waals surface area (Å²) in [6, 6.07) is 14.7. The predicted octanol–water partition coefficient (Wildman–Crippen LogP) is 4.38. The molecule has 2 aromatic rings. The molecule has 2 atom stereocenters. The number of nitrogens with one attached hydrogen (secondary N) is 1. The molecule has 0 aliphatic carbocycles. The van der Waals surface area contributed by atoms with E-state index >= 15 is 0 Å². The number of carbonyl (C=O) groups excluding carboxylic acids is 2. The van der Waals surface area contributed by atoms with Gasteiger partial charge in [-0.05, 0) is 30.2 Å². The largest absolute Gasteiger partial charge is 0.356 e. The summed E-state index contributed by atoms with van der Waals surface area (Å²) >= 11 is 12.1. The third-order valence-corrected chi connectivity index (χ3v) is 5.43. The van der Waals surface area contributed by atoms with Gasteiger partial charge in [0.2, 0.25) is 5.91 Å². The highest BCUT2D eigenvalue weighted by Gasteiger charge is 2.40. The molecule has 1 aliphatic rings. The van der Waals surface area contributed by atoms with Gasteiger partial charge >= 0.3 is 0 Å². The molecule has 3 rings (SSSR count). The Hall–Kier alpha value is -2.04. The van der Waals surface area contributed by atoms with E-state index in [4.69, 9.17) is 23.2 Å². The van der Waals surface area contributed by atoms with Gasteiger partial charge < -0.3 is 10.2 Å². The van der Waals surface area contributed by atoms with E-state index in [1.165, 1.54) is 0 Å². The average Bonchev–Trinajstić information content (AvgIpc) is 3.12. The minimum atomic E-state index is -0.283. The van der Waals surface area contributed by atoms with Crippen molar-refractivity contribution in [2.45, 2.75) is 19.3 Å². The summed E-state index contributed by atoms with van der Waals surface area (Å²) in [5.74, 6) is -0.515. The average molecular weight is 405 g/mol. The van der Waals surface area contributed by atoms with Gasteiger partial charge in [-0.3, -0.25) is 9.59 Å². The van der Waals surface area contributed by atoms with Gasteiger partial charge in [-0.1, -0.05) is 60.5 Å². The van der Waals surface area contributed by atoms with Crippen molar-refractivity contribution >= 4 is 35.0 Å². The van der Waals surface area contributed by atoms with E-state index in [-0.39, 0.29) is 23.7 Å². The van der Waals surface area contributed by atoms with E-state index in [0.29, 0.717) is 35.2 Å². The highest BCUT2D eigenvalue weighted by molar-refractivity contribution is 6.36. The molecule has 1 aliphatic heterocycles. The summed E-state index contributed by atoms with van der Waals surface area (Å²) in [6.45, 7) is 3.49. The summed E-state index contributed by atoms with van der Waals surface area (Å²) < 4.78 is 0. The Morgan fingerprint density at radius 1 is 1.11 bits per heavy atom. The zero-order chi connectivity index (χ0) is 19.4. The summed E-state index contributed by atoms with van der Waals surface area (Å²) in [4.78, 5) is 27.4. The SMILES string of the molecule is CCCNC(=O)C1CN(C(=O)c2ccc(Cl)cc2Cl)CC1c1ccccc1. The topological polar surface area (TPSA) is 49.4 Å². The highest BCUT2D eigenvalue weighted by Crippen LogP contribution is 2.34. The van der Waals surface area contributed by atoms with Crippen molar-refractivity contribution in [1.29, 1.82) is 0 Å². The molecule has 0 aromatic heterocycles. The van der Waals surface area contributed by atoms with Gasteiger partial charge in [0.25, 0.3) is 5.91 Å². The maximum absolute atomic E-state index is 13.0. The number of likely N-dealkylation sites (tertiary alicyclic amines) is 1. The number of carbonyl (C=O) groups is 2. The first-order chi connectivity index (χ1) is 13.0. The molecular formula is C21H22Cl2N2O2. The molecule has 2 aromatic carbocycles. The Morgan fingerprint density at radius 2 is 1.85 bits per heavy atom. The Labute approximate surface area is 169 Å². The highest BCUT2D eigenvalue weighted by atomic mass is 35.5. The van der Waals surface area contributed by atoms with Crippen LogP contribution in [-0.2, 0) is 4.79 Å². The van der Waals surface area contributed by atoms with Gasteiger partial charge in [0.05, 0.1) is 16.5 Å². The number of halogens is 2. The molecule has 142 valence electrons. The van der Waals surface area contributed by atoms with Crippen LogP contribution in [0.15, 0.2) is 48.5 Å². The van der Waals surface area contributed by atoms with Crippen molar-refractivity contribution in [2.75, 3.05) is 19.6 Å². The fraction of sp³-hybridized carbons (Fsp3) is 0.333. The van der Waals surface area contributed by atoms with Crippen LogP contribution in [0.2, 0.25) is 10.0 Å². The molecule has 2 unspecified atom stereocenters. The van der Waals surface area contributed by atoms with Crippen LogP contribution in [0.1, 0.15) is 35.2 Å². The summed E-state index contributed by atoms with van der Waals surface area (Å²) in [5, 5.41) is 3.78. The van der Waals surface area contributed by atoms with E-state index in [2.05, 4.69) is 5.32 Å². The van der Waals surface area contributed by atoms with Gasteiger partial charge in [-0.15, -0.1) is 0 Å². The number of hydrogen-bond acceptors (Lipinski definition) is 2. The van der Waals surface area contributed by atoms with Crippen molar-refractivity contribution in [1.82, 2.24) is 10.2 Å². The van der Waals surface area contributed by atoms with Crippen LogP contribution in [0, 0.1) is 5.92 Å². The molecule has 0 spiro atoms. The lowest BCUT2D eigenvalue weighted by molar-refractivity contribution is -0.124. The molecule has 0 radical (unpaired) electrons. The molecule has 1 N–H and O–H groups in total. The molecular weight excluding hydrogens is 383 g/mol. The second-order valence-corrected chi connectivity index (χ2v) is 7.59. The van der Waals surface area contributed by atoms with Crippen LogP contribution in [0.3, 0.4) is 0 Å². The van der Waals surface area contributed by atoms with Crippen LogP contribution in [-0.4, -0.2) is 36.3 Å². The predicted molar refractivity (Wildman–Crippen MR) is 108 cm³/mol. The first-order valence-electron chi connectivity index (χ1n) is 9.08. The van der Waals surface area contributed by atoms with E-state index in [1.807, 2.05) is 37.3 Å². The number of benzene rings is 2. The minimum absolute atomic E-state index is 0.0109. The third-order valence-electron chi connectivity index (χ3n) is 4.88. The fourth-order valence-corrected chi connectivity index (χ4v) is 3.98. The van der Waals surface area contributed by atoms with Crippen LogP contribution in [0.5, 0.6) is 0 Å². The van der Waals surface area contributed by atoms with Gasteiger partial charge in [0.15, 0.2) is 0 Å². The van der Waals surface area contributed by atoms with Crippen LogP contribution in [0.4, 0.5) is 0 Å². The van der Waals surface area contributed by atoms with Crippen LogP contribution < -0.4 is 5.32 Å². The third kappa shape index (κ3) is 4.45. The Balaban J connectivity index is 1.85. The molecule has 27 heavy (non-hydrogen) atoms. The van der Waals surface area contributed by atoms with Crippen molar-refractivity contribution in [3.8, 4) is 0 Å². The lowest BCUT2D eigenvalue weighted by Crippen LogP contribution is -2.36. The van der Waals surface area contributed by atoms with Crippen LogP contribution >= 0.6 is 23.2 Å². The number of amides is 2. The van der Waals surface area contributed by atoms with E-state index in [9.17, 15) is 9.59 Å². The second kappa shape index (κ2) is 8.77. The molecule has 1 saturated heterocycles. The van der Waals surface area contributed by atoms with Gasteiger partial charge in [-0.25, -0.2) is 0 Å². The first-order valence-corrected chi connectivity index (χ1v) is 9.83. The molecule has 2 amide bonds. The van der Waals surface area contributed by atoms with E-state index in [1.54, 1.807) is 23.1 Å². The second-order valence-electron chi connectivity index (χ2n) is 6.75. The molecule has 1 fully saturated rings. The Bertz CT molecular complexity index is 826. The normalized spacial score (nSPS) is 19.1. The minimum Gasteiger partial charge on any atom is -0.356 e.